The first-order chi connectivity index (χ1) is 20.5. The zero-order chi connectivity index (χ0) is 28.8. The Morgan fingerprint density at radius 2 is 1.45 bits per heavy atom. The summed E-state index contributed by atoms with van der Waals surface area (Å²) in [6.07, 6.45) is 1.77. The van der Waals surface area contributed by atoms with E-state index in [1.54, 1.807) is 49.1 Å². The lowest BCUT2D eigenvalue weighted by atomic mass is 9.90. The molecule has 0 aliphatic carbocycles. The van der Waals surface area contributed by atoms with Crippen LogP contribution in [0.15, 0.2) is 58.8 Å². The molecule has 1 aliphatic rings. The second-order valence-electron chi connectivity index (χ2n) is 10.5. The summed E-state index contributed by atoms with van der Waals surface area (Å²) in [4.78, 5) is 2.33. The highest BCUT2D eigenvalue weighted by atomic mass is 32.2. The molecule has 7 rings (SSSR count). The molecule has 0 bridgehead atoms. The van der Waals surface area contributed by atoms with Gasteiger partial charge < -0.3 is 14.2 Å². The Balaban J connectivity index is 1.34. The lowest BCUT2D eigenvalue weighted by Crippen LogP contribution is -2.33. The van der Waals surface area contributed by atoms with Crippen molar-refractivity contribution in [2.45, 2.75) is 60.7 Å². The zero-order valence-corrected chi connectivity index (χ0v) is 26.2. The van der Waals surface area contributed by atoms with Crippen molar-refractivity contribution in [2.75, 3.05) is 14.2 Å². The lowest BCUT2D eigenvalue weighted by Gasteiger charge is -2.32. The van der Waals surface area contributed by atoms with Crippen molar-refractivity contribution >= 4 is 56.5 Å². The van der Waals surface area contributed by atoms with E-state index in [-0.39, 0.29) is 5.60 Å². The molecular weight excluding hydrogens is 589 g/mol. The van der Waals surface area contributed by atoms with Crippen molar-refractivity contribution in [2.24, 2.45) is 0 Å². The molecule has 0 radical (unpaired) electrons. The van der Waals surface area contributed by atoms with Gasteiger partial charge in [-0.3, -0.25) is 0 Å². The van der Waals surface area contributed by atoms with Crippen LogP contribution < -0.4 is 9.47 Å². The maximum Gasteiger partial charge on any atom is 0.245 e. The zero-order valence-electron chi connectivity index (χ0n) is 23.8. The molecule has 4 aromatic heterocycles. The molecule has 0 fully saturated rings. The fourth-order valence-corrected chi connectivity index (χ4v) is 8.26. The number of aromatic nitrogens is 6. The van der Waals surface area contributed by atoms with Crippen LogP contribution in [0.4, 0.5) is 0 Å². The van der Waals surface area contributed by atoms with Crippen molar-refractivity contribution in [3.05, 3.63) is 70.1 Å². The van der Waals surface area contributed by atoms with Gasteiger partial charge in [0.1, 0.15) is 16.3 Å². The van der Waals surface area contributed by atoms with Crippen LogP contribution >= 0.6 is 34.9 Å². The summed E-state index contributed by atoms with van der Waals surface area (Å²) in [5.41, 5.74) is 4.28. The molecule has 12 heteroatoms. The number of rotatable bonds is 9. The molecule has 0 N–H and O–H groups in total. The number of nitrogens with zero attached hydrogens (tertiary/aromatic N) is 6. The summed E-state index contributed by atoms with van der Waals surface area (Å²) >= 11 is 5.06. The van der Waals surface area contributed by atoms with Crippen LogP contribution in [0.3, 0.4) is 0 Å². The molecule has 42 heavy (non-hydrogen) atoms. The molecule has 0 saturated carbocycles. The maximum atomic E-state index is 6.34. The normalized spacial score (nSPS) is 16.9. The van der Waals surface area contributed by atoms with Crippen molar-refractivity contribution < 1.29 is 14.2 Å². The highest BCUT2D eigenvalue weighted by molar-refractivity contribution is 7.98. The van der Waals surface area contributed by atoms with Gasteiger partial charge in [0.2, 0.25) is 5.78 Å². The second kappa shape index (κ2) is 11.1. The Hall–Kier alpha value is -3.32. The number of hydrogen-bond acceptors (Lipinski definition) is 10. The van der Waals surface area contributed by atoms with Crippen LogP contribution in [0.5, 0.6) is 11.5 Å². The van der Waals surface area contributed by atoms with E-state index in [1.807, 2.05) is 24.3 Å². The molecule has 0 saturated heterocycles. The highest BCUT2D eigenvalue weighted by Crippen LogP contribution is 2.43. The van der Waals surface area contributed by atoms with Crippen LogP contribution in [-0.2, 0) is 29.3 Å². The molecule has 1 aliphatic heterocycles. The highest BCUT2D eigenvalue weighted by Gasteiger charge is 2.34. The van der Waals surface area contributed by atoms with Crippen molar-refractivity contribution in [3.63, 3.8) is 0 Å². The molecule has 0 amide bonds. The quantitative estimate of drug-likeness (QED) is 0.162. The molecular formula is C30H30N6O3S3. The Bertz CT molecular complexity index is 1900. The van der Waals surface area contributed by atoms with Crippen LogP contribution in [0.1, 0.15) is 41.8 Å². The minimum absolute atomic E-state index is 0.210. The molecule has 6 aromatic rings. The van der Waals surface area contributed by atoms with Crippen LogP contribution in [0.25, 0.3) is 21.6 Å². The molecule has 216 valence electrons. The monoisotopic (exact) mass is 618 g/mol. The molecule has 2 aromatic carbocycles. The van der Waals surface area contributed by atoms with Crippen molar-refractivity contribution in [3.8, 4) is 11.5 Å². The number of thiophene rings is 1. The summed E-state index contributed by atoms with van der Waals surface area (Å²) in [5, 5.41) is 21.6. The number of methoxy groups -OCH3 is 2. The van der Waals surface area contributed by atoms with E-state index in [1.165, 1.54) is 21.6 Å². The maximum absolute atomic E-state index is 6.34. The van der Waals surface area contributed by atoms with Crippen molar-refractivity contribution in [1.82, 2.24) is 29.2 Å². The van der Waals surface area contributed by atoms with Gasteiger partial charge in [-0.2, -0.15) is 0 Å². The van der Waals surface area contributed by atoms with E-state index in [0.29, 0.717) is 6.61 Å². The van der Waals surface area contributed by atoms with Gasteiger partial charge in [-0.25, -0.2) is 8.80 Å². The summed E-state index contributed by atoms with van der Waals surface area (Å²) in [7, 11) is 3.36. The first-order valence-corrected chi connectivity index (χ1v) is 16.5. The van der Waals surface area contributed by atoms with Gasteiger partial charge >= 0.3 is 0 Å². The van der Waals surface area contributed by atoms with Gasteiger partial charge in [-0.15, -0.1) is 31.7 Å². The largest absolute Gasteiger partial charge is 0.497 e. The van der Waals surface area contributed by atoms with Gasteiger partial charge in [-0.1, -0.05) is 54.7 Å². The van der Waals surface area contributed by atoms with E-state index < -0.39 is 0 Å². The summed E-state index contributed by atoms with van der Waals surface area (Å²) in [6, 6.07) is 16.3. The topological polar surface area (TPSA) is 88.1 Å². The number of fused-ring (bicyclic) bond motifs is 8. The summed E-state index contributed by atoms with van der Waals surface area (Å²) in [6.45, 7) is 4.98. The second-order valence-corrected chi connectivity index (χ2v) is 13.5. The minimum Gasteiger partial charge on any atom is -0.497 e. The molecule has 5 heterocycles. The fraction of sp³-hybridized carbons (Fsp3) is 0.333. The van der Waals surface area contributed by atoms with Crippen molar-refractivity contribution in [1.29, 1.82) is 0 Å². The summed E-state index contributed by atoms with van der Waals surface area (Å²) in [5.74, 6) is 3.90. The van der Waals surface area contributed by atoms with Crippen LogP contribution in [-0.4, -0.2) is 49.0 Å². The van der Waals surface area contributed by atoms with E-state index >= 15 is 0 Å². The molecule has 1 unspecified atom stereocenters. The van der Waals surface area contributed by atoms with Gasteiger partial charge in [0.05, 0.1) is 31.8 Å². The Morgan fingerprint density at radius 1 is 0.857 bits per heavy atom. The number of ether oxygens (including phenoxy) is 3. The molecule has 0 spiro atoms. The summed E-state index contributed by atoms with van der Waals surface area (Å²) < 4.78 is 21.2. The number of hydrogen-bond donors (Lipinski definition) is 0. The first-order valence-electron chi connectivity index (χ1n) is 13.7. The lowest BCUT2D eigenvalue weighted by molar-refractivity contribution is -0.0542. The Kier molecular flexibility index (Phi) is 7.25. The van der Waals surface area contributed by atoms with Crippen LogP contribution in [0.2, 0.25) is 0 Å². The van der Waals surface area contributed by atoms with Gasteiger partial charge in [-0.05, 0) is 54.3 Å². The van der Waals surface area contributed by atoms with Gasteiger partial charge in [0.25, 0.3) is 0 Å². The Labute approximate surface area is 255 Å². The third-order valence-electron chi connectivity index (χ3n) is 7.85. The predicted molar refractivity (Wildman–Crippen MR) is 167 cm³/mol. The average Bonchev–Trinajstić information content (AvgIpc) is 3.74. The smallest absolute Gasteiger partial charge is 0.245 e. The van der Waals surface area contributed by atoms with Gasteiger partial charge in [0.15, 0.2) is 16.0 Å². The first kappa shape index (κ1) is 27.5. The fourth-order valence-electron chi connectivity index (χ4n) is 5.20. The standard InChI is InChI=1S/C30H30N6O3S3/c1-5-30(2)14-22-23(15-39-30)42-26-24(22)25-31-33-28(40-16-18-6-10-20(37-3)11-7-18)35(25)27-32-34-29(36(26)27)41-17-19-8-12-21(38-4)13-9-19/h6-13H,5,14-17H2,1-4H3. The molecule has 9 nitrogen and oxygen atoms in total. The average molecular weight is 619 g/mol. The van der Waals surface area contributed by atoms with E-state index in [2.05, 4.69) is 57.1 Å². The third-order valence-corrected chi connectivity index (χ3v) is 11.0. The Morgan fingerprint density at radius 3 is 2.05 bits per heavy atom. The predicted octanol–water partition coefficient (Wildman–Crippen LogP) is 6.83. The van der Waals surface area contributed by atoms with Crippen LogP contribution in [0, 0.1) is 0 Å². The van der Waals surface area contributed by atoms with E-state index in [0.717, 1.165) is 67.8 Å². The minimum atomic E-state index is -0.210. The number of benzene rings is 2. The van der Waals surface area contributed by atoms with Gasteiger partial charge in [0, 0.05) is 22.8 Å². The molecule has 1 atom stereocenters. The van der Waals surface area contributed by atoms with E-state index in [4.69, 9.17) is 24.4 Å². The van der Waals surface area contributed by atoms with E-state index in [9.17, 15) is 0 Å². The third kappa shape index (κ3) is 4.80. The SMILES string of the molecule is CCC1(C)Cc2c(sc3c2c2nnc(SCc4ccc(OC)cc4)n2c2nnc(SCc4ccc(OC)cc4)n32)CO1. The number of thioether (sulfide) groups is 2.